The fourth-order valence-corrected chi connectivity index (χ4v) is 4.64. The normalized spacial score (nSPS) is 11.1. The topological polar surface area (TPSA) is 39.2 Å². The van der Waals surface area contributed by atoms with E-state index in [1.807, 2.05) is 60.7 Å². The van der Waals surface area contributed by atoms with Gasteiger partial charge in [-0.05, 0) is 18.6 Å². The third kappa shape index (κ3) is 9.47. The molecular formula is C32H43NO2. The van der Waals surface area contributed by atoms with E-state index in [1.165, 1.54) is 77.0 Å². The van der Waals surface area contributed by atoms with Crippen molar-refractivity contribution in [3.05, 3.63) is 66.2 Å². The molecule has 2 aromatic carbocycles. The van der Waals surface area contributed by atoms with Crippen LogP contribution in [0.2, 0.25) is 0 Å². The van der Waals surface area contributed by atoms with Crippen molar-refractivity contribution in [2.45, 2.75) is 96.8 Å². The van der Waals surface area contributed by atoms with E-state index in [4.69, 9.17) is 9.72 Å². The maximum absolute atomic E-state index is 12.9. The number of hydrogen-bond acceptors (Lipinski definition) is 3. The Bertz CT molecular complexity index is 999. The Hall–Kier alpha value is -2.68. The van der Waals surface area contributed by atoms with Crippen molar-refractivity contribution in [1.29, 1.82) is 0 Å². The molecule has 3 heteroatoms. The summed E-state index contributed by atoms with van der Waals surface area (Å²) >= 11 is 0. The smallest absolute Gasteiger partial charge is 0.338 e. The first-order valence-electron chi connectivity index (χ1n) is 13.9. The fourth-order valence-electron chi connectivity index (χ4n) is 4.64. The molecule has 0 N–H and O–H groups in total. The molecule has 0 fully saturated rings. The average Bonchev–Trinajstić information content (AvgIpc) is 2.90. The van der Waals surface area contributed by atoms with Gasteiger partial charge in [0.1, 0.15) is 0 Å². The molecule has 0 spiro atoms. The van der Waals surface area contributed by atoms with E-state index in [1.54, 1.807) is 0 Å². The Balaban J connectivity index is 1.33. The van der Waals surface area contributed by atoms with Crippen LogP contribution in [-0.4, -0.2) is 17.6 Å². The van der Waals surface area contributed by atoms with E-state index >= 15 is 0 Å². The van der Waals surface area contributed by atoms with Crippen molar-refractivity contribution in [3.63, 3.8) is 0 Å². The zero-order valence-corrected chi connectivity index (χ0v) is 21.6. The summed E-state index contributed by atoms with van der Waals surface area (Å²) in [5.74, 6) is -0.254. The lowest BCUT2D eigenvalue weighted by Crippen LogP contribution is -2.08. The summed E-state index contributed by atoms with van der Waals surface area (Å²) in [4.78, 5) is 17.7. The second kappa shape index (κ2) is 16.1. The summed E-state index contributed by atoms with van der Waals surface area (Å²) in [5.41, 5.74) is 3.21. The maximum atomic E-state index is 12.9. The number of rotatable bonds is 17. The first kappa shape index (κ1) is 26.9. The van der Waals surface area contributed by atoms with Crippen LogP contribution in [0.25, 0.3) is 22.2 Å². The Morgan fingerprint density at radius 2 is 1.23 bits per heavy atom. The highest BCUT2D eigenvalue weighted by Gasteiger charge is 2.15. The molecule has 0 saturated heterocycles. The molecule has 3 rings (SSSR count). The van der Waals surface area contributed by atoms with Gasteiger partial charge in [0.25, 0.3) is 0 Å². The molecule has 0 aliphatic rings. The Kier molecular flexibility index (Phi) is 12.4. The lowest BCUT2D eigenvalue weighted by Gasteiger charge is -2.10. The van der Waals surface area contributed by atoms with E-state index in [0.717, 1.165) is 35.0 Å². The van der Waals surface area contributed by atoms with Gasteiger partial charge in [0, 0.05) is 10.9 Å². The Morgan fingerprint density at radius 3 is 1.86 bits per heavy atom. The molecule has 1 heterocycles. The summed E-state index contributed by atoms with van der Waals surface area (Å²) in [5, 5.41) is 0.846. The molecule has 0 aliphatic carbocycles. The van der Waals surface area contributed by atoms with Crippen LogP contribution in [0.4, 0.5) is 0 Å². The van der Waals surface area contributed by atoms with E-state index in [-0.39, 0.29) is 5.97 Å². The van der Waals surface area contributed by atoms with Crippen LogP contribution in [0.15, 0.2) is 60.7 Å². The first-order chi connectivity index (χ1) is 17.3. The second-order valence-corrected chi connectivity index (χ2v) is 9.67. The zero-order valence-electron chi connectivity index (χ0n) is 21.6. The highest BCUT2D eigenvalue weighted by molar-refractivity contribution is 6.04. The molecule has 0 unspecified atom stereocenters. The van der Waals surface area contributed by atoms with Crippen LogP contribution < -0.4 is 0 Å². The molecule has 0 bridgehead atoms. The number of carbonyl (C=O) groups excluding carboxylic acids is 1. The molecule has 0 saturated carbocycles. The van der Waals surface area contributed by atoms with Crippen molar-refractivity contribution >= 4 is 16.9 Å². The van der Waals surface area contributed by atoms with Crippen LogP contribution in [0, 0.1) is 0 Å². The lowest BCUT2D eigenvalue weighted by molar-refractivity contribution is 0.0500. The Morgan fingerprint density at radius 1 is 0.686 bits per heavy atom. The highest BCUT2D eigenvalue weighted by Crippen LogP contribution is 2.25. The summed E-state index contributed by atoms with van der Waals surface area (Å²) in [7, 11) is 0. The van der Waals surface area contributed by atoms with E-state index in [9.17, 15) is 4.79 Å². The number of benzene rings is 2. The number of pyridine rings is 1. The summed E-state index contributed by atoms with van der Waals surface area (Å²) < 4.78 is 5.67. The number of esters is 1. The van der Waals surface area contributed by atoms with Gasteiger partial charge in [-0.1, -0.05) is 139 Å². The van der Waals surface area contributed by atoms with E-state index < -0.39 is 0 Å². The minimum Gasteiger partial charge on any atom is -0.462 e. The fraction of sp³-hybridized carbons (Fsp3) is 0.500. The molecule has 1 aromatic heterocycles. The van der Waals surface area contributed by atoms with Crippen molar-refractivity contribution < 1.29 is 9.53 Å². The predicted octanol–water partition coefficient (Wildman–Crippen LogP) is 9.54. The molecule has 188 valence electrons. The van der Waals surface area contributed by atoms with Gasteiger partial charge >= 0.3 is 5.97 Å². The molecule has 3 aromatic rings. The van der Waals surface area contributed by atoms with Gasteiger partial charge in [0.15, 0.2) is 0 Å². The van der Waals surface area contributed by atoms with Gasteiger partial charge in [-0.3, -0.25) is 0 Å². The van der Waals surface area contributed by atoms with Gasteiger partial charge in [-0.25, -0.2) is 9.78 Å². The molecule has 0 amide bonds. The van der Waals surface area contributed by atoms with Crippen molar-refractivity contribution in [1.82, 2.24) is 4.98 Å². The van der Waals surface area contributed by atoms with Gasteiger partial charge in [0.2, 0.25) is 0 Å². The summed E-state index contributed by atoms with van der Waals surface area (Å²) in [6.45, 7) is 2.76. The van der Waals surface area contributed by atoms with Crippen LogP contribution in [-0.2, 0) is 4.74 Å². The van der Waals surface area contributed by atoms with Crippen molar-refractivity contribution in [2.75, 3.05) is 6.61 Å². The van der Waals surface area contributed by atoms with Crippen molar-refractivity contribution in [2.24, 2.45) is 0 Å². The Labute approximate surface area is 212 Å². The quantitative estimate of drug-likeness (QED) is 0.145. The molecule has 35 heavy (non-hydrogen) atoms. The monoisotopic (exact) mass is 473 g/mol. The van der Waals surface area contributed by atoms with Crippen molar-refractivity contribution in [3.8, 4) is 11.3 Å². The third-order valence-corrected chi connectivity index (χ3v) is 6.74. The van der Waals surface area contributed by atoms with Crippen LogP contribution >= 0.6 is 0 Å². The van der Waals surface area contributed by atoms with Gasteiger partial charge < -0.3 is 4.74 Å². The molecule has 0 radical (unpaired) electrons. The molecule has 0 aliphatic heterocycles. The number of aromatic nitrogens is 1. The zero-order chi connectivity index (χ0) is 24.6. The largest absolute Gasteiger partial charge is 0.462 e. The van der Waals surface area contributed by atoms with Gasteiger partial charge in [-0.15, -0.1) is 0 Å². The molecule has 0 atom stereocenters. The van der Waals surface area contributed by atoms with E-state index in [0.29, 0.717) is 12.2 Å². The maximum Gasteiger partial charge on any atom is 0.338 e. The number of nitrogens with zero attached hydrogens (tertiary/aromatic N) is 1. The van der Waals surface area contributed by atoms with Crippen LogP contribution in [0.1, 0.15) is 107 Å². The van der Waals surface area contributed by atoms with Crippen LogP contribution in [0.3, 0.4) is 0 Å². The van der Waals surface area contributed by atoms with Gasteiger partial charge in [0.05, 0.1) is 23.4 Å². The number of fused-ring (bicyclic) bond motifs is 1. The lowest BCUT2D eigenvalue weighted by atomic mass is 10.0. The SMILES string of the molecule is CCCCCCCCCCCCCCCCOC(=O)c1cc(-c2ccccc2)nc2ccccc12. The predicted molar refractivity (Wildman–Crippen MR) is 148 cm³/mol. The number of hydrogen-bond donors (Lipinski definition) is 0. The number of carbonyl (C=O) groups is 1. The number of para-hydroxylation sites is 1. The minimum atomic E-state index is -0.254. The van der Waals surface area contributed by atoms with E-state index in [2.05, 4.69) is 6.92 Å². The third-order valence-electron chi connectivity index (χ3n) is 6.74. The first-order valence-corrected chi connectivity index (χ1v) is 13.9. The molecule has 3 nitrogen and oxygen atoms in total. The average molecular weight is 474 g/mol. The second-order valence-electron chi connectivity index (χ2n) is 9.67. The minimum absolute atomic E-state index is 0.254. The van der Waals surface area contributed by atoms with Gasteiger partial charge in [-0.2, -0.15) is 0 Å². The highest BCUT2D eigenvalue weighted by atomic mass is 16.5. The molecular weight excluding hydrogens is 430 g/mol. The van der Waals surface area contributed by atoms with Crippen LogP contribution in [0.5, 0.6) is 0 Å². The summed E-state index contributed by atoms with van der Waals surface area (Å²) in [6, 6.07) is 19.6. The summed E-state index contributed by atoms with van der Waals surface area (Å²) in [6.07, 6.45) is 18.5. The number of ether oxygens (including phenoxy) is 1. The standard InChI is InChI=1S/C32H43NO2/c1-2-3-4-5-6-7-8-9-10-11-12-13-14-20-25-35-32(34)29-26-31(27-21-16-15-17-22-27)33-30-24-19-18-23-28(29)30/h15-19,21-24,26H,2-14,20,25H2,1H3. The number of unbranched alkanes of at least 4 members (excludes halogenated alkanes) is 13.